The van der Waals surface area contributed by atoms with E-state index in [9.17, 15) is 18.4 Å². The first-order valence-corrected chi connectivity index (χ1v) is 4.86. The van der Waals surface area contributed by atoms with Crippen LogP contribution < -0.4 is 5.32 Å². The van der Waals surface area contributed by atoms with Gasteiger partial charge in [-0.25, -0.2) is 8.78 Å². The number of hydrogen-bond acceptors (Lipinski definition) is 2. The number of carbonyl (C=O) groups is 2. The smallest absolute Gasteiger partial charge is 0.325 e. The van der Waals surface area contributed by atoms with Gasteiger partial charge in [-0.05, 0) is 18.6 Å². The highest BCUT2D eigenvalue weighted by Crippen LogP contribution is 2.10. The summed E-state index contributed by atoms with van der Waals surface area (Å²) in [7, 11) is 0. The number of benzene rings is 1. The third kappa shape index (κ3) is 3.82. The fourth-order valence-electron chi connectivity index (χ4n) is 1.19. The highest BCUT2D eigenvalue weighted by Gasteiger charge is 2.15. The molecule has 0 heterocycles. The molecule has 0 aliphatic heterocycles. The van der Waals surface area contributed by atoms with Crippen LogP contribution >= 0.6 is 0 Å². The summed E-state index contributed by atoms with van der Waals surface area (Å²) >= 11 is 0. The van der Waals surface area contributed by atoms with Gasteiger partial charge in [0.05, 0.1) is 6.42 Å². The van der Waals surface area contributed by atoms with E-state index in [0.717, 1.165) is 12.1 Å². The van der Waals surface area contributed by atoms with Gasteiger partial charge in [0.15, 0.2) is 0 Å². The van der Waals surface area contributed by atoms with Gasteiger partial charge in [-0.2, -0.15) is 0 Å². The molecule has 0 radical (unpaired) electrons. The van der Waals surface area contributed by atoms with Crippen molar-refractivity contribution in [3.63, 3.8) is 0 Å². The van der Waals surface area contributed by atoms with E-state index in [1.807, 2.05) is 0 Å². The van der Waals surface area contributed by atoms with Crippen molar-refractivity contribution in [1.82, 2.24) is 5.32 Å². The normalized spacial score (nSPS) is 11.9. The maximum Gasteiger partial charge on any atom is 0.325 e. The average Bonchev–Trinajstić information content (AvgIpc) is 2.22. The van der Waals surface area contributed by atoms with Crippen LogP contribution in [0.25, 0.3) is 0 Å². The van der Waals surface area contributed by atoms with Gasteiger partial charge in [-0.1, -0.05) is 6.07 Å². The molecule has 0 aliphatic rings. The van der Waals surface area contributed by atoms with Gasteiger partial charge in [-0.15, -0.1) is 0 Å². The van der Waals surface area contributed by atoms with Crippen molar-refractivity contribution in [2.24, 2.45) is 0 Å². The number of hydrogen-bond donors (Lipinski definition) is 2. The molecule has 92 valence electrons. The summed E-state index contributed by atoms with van der Waals surface area (Å²) in [5.41, 5.74) is 0.0153. The minimum Gasteiger partial charge on any atom is -0.480 e. The van der Waals surface area contributed by atoms with Crippen molar-refractivity contribution < 1.29 is 23.5 Å². The van der Waals surface area contributed by atoms with Crippen molar-refractivity contribution in [1.29, 1.82) is 0 Å². The van der Waals surface area contributed by atoms with Crippen molar-refractivity contribution in [3.05, 3.63) is 35.4 Å². The lowest BCUT2D eigenvalue weighted by Crippen LogP contribution is -2.39. The van der Waals surface area contributed by atoms with Crippen molar-refractivity contribution in [3.8, 4) is 0 Å². The van der Waals surface area contributed by atoms with Gasteiger partial charge < -0.3 is 10.4 Å². The first-order chi connectivity index (χ1) is 7.90. The zero-order valence-electron chi connectivity index (χ0n) is 9.04. The fourth-order valence-corrected chi connectivity index (χ4v) is 1.19. The minimum absolute atomic E-state index is 0.0153. The number of carbonyl (C=O) groups excluding carboxylic acids is 1. The van der Waals surface area contributed by atoms with Crippen molar-refractivity contribution in [2.75, 3.05) is 0 Å². The summed E-state index contributed by atoms with van der Waals surface area (Å²) in [5.74, 6) is -3.38. The third-order valence-corrected chi connectivity index (χ3v) is 2.11. The molecular formula is C11H11F2NO3. The van der Waals surface area contributed by atoms with Gasteiger partial charge in [0.1, 0.15) is 17.7 Å². The Labute approximate surface area is 96.3 Å². The second-order valence-electron chi connectivity index (χ2n) is 3.54. The second-order valence-corrected chi connectivity index (χ2v) is 3.54. The average molecular weight is 243 g/mol. The van der Waals surface area contributed by atoms with Gasteiger partial charge in [0.25, 0.3) is 0 Å². The van der Waals surface area contributed by atoms with Crippen LogP contribution in [0.1, 0.15) is 12.5 Å². The summed E-state index contributed by atoms with van der Waals surface area (Å²) < 4.78 is 25.8. The molecule has 2 N–H and O–H groups in total. The Morgan fingerprint density at radius 1 is 1.41 bits per heavy atom. The molecule has 1 atom stereocenters. The van der Waals surface area contributed by atoms with E-state index < -0.39 is 29.6 Å². The van der Waals surface area contributed by atoms with Crippen LogP contribution in [-0.4, -0.2) is 23.0 Å². The molecule has 1 rings (SSSR count). The van der Waals surface area contributed by atoms with Crippen LogP contribution in [0.4, 0.5) is 8.78 Å². The number of carboxylic acids is 1. The molecule has 0 saturated heterocycles. The number of rotatable bonds is 4. The zero-order valence-corrected chi connectivity index (χ0v) is 9.04. The summed E-state index contributed by atoms with van der Waals surface area (Å²) in [6.07, 6.45) is -0.330. The van der Waals surface area contributed by atoms with E-state index in [0.29, 0.717) is 6.07 Å². The summed E-state index contributed by atoms with van der Waals surface area (Å²) in [6.45, 7) is 1.29. The SMILES string of the molecule is CC(NC(=O)Cc1ccc(F)cc1F)C(=O)O. The minimum atomic E-state index is -1.18. The largest absolute Gasteiger partial charge is 0.480 e. The Morgan fingerprint density at radius 2 is 2.06 bits per heavy atom. The van der Waals surface area contributed by atoms with Gasteiger partial charge in [-0.3, -0.25) is 9.59 Å². The lowest BCUT2D eigenvalue weighted by molar-refractivity contribution is -0.141. The monoisotopic (exact) mass is 243 g/mol. The van der Waals surface area contributed by atoms with E-state index in [4.69, 9.17) is 5.11 Å². The molecule has 0 bridgehead atoms. The topological polar surface area (TPSA) is 66.4 Å². The maximum atomic E-state index is 13.2. The molecule has 6 heteroatoms. The highest BCUT2D eigenvalue weighted by atomic mass is 19.1. The van der Waals surface area contributed by atoms with E-state index in [2.05, 4.69) is 5.32 Å². The highest BCUT2D eigenvalue weighted by molar-refractivity contribution is 5.84. The predicted molar refractivity (Wildman–Crippen MR) is 55.3 cm³/mol. The van der Waals surface area contributed by atoms with Crippen molar-refractivity contribution >= 4 is 11.9 Å². The number of amides is 1. The standard InChI is InChI=1S/C11H11F2NO3/c1-6(11(16)17)14-10(15)4-7-2-3-8(12)5-9(7)13/h2-3,5-6H,4H2,1H3,(H,14,15)(H,16,17). The molecule has 0 aromatic heterocycles. The molecule has 0 spiro atoms. The van der Waals surface area contributed by atoms with Crippen LogP contribution in [0.15, 0.2) is 18.2 Å². The Bertz CT molecular complexity index is 448. The maximum absolute atomic E-state index is 13.2. The van der Waals surface area contributed by atoms with E-state index in [1.54, 1.807) is 0 Å². The van der Waals surface area contributed by atoms with Crippen LogP contribution in [0.5, 0.6) is 0 Å². The zero-order chi connectivity index (χ0) is 13.0. The summed E-state index contributed by atoms with van der Waals surface area (Å²) in [5, 5.41) is 10.7. The molecule has 0 saturated carbocycles. The lowest BCUT2D eigenvalue weighted by Gasteiger charge is -2.09. The number of carboxylic acid groups (broad SMARTS) is 1. The van der Waals surface area contributed by atoms with Gasteiger partial charge in [0, 0.05) is 6.07 Å². The molecule has 1 aromatic carbocycles. The van der Waals surface area contributed by atoms with Crippen LogP contribution in [0.3, 0.4) is 0 Å². The van der Waals surface area contributed by atoms with Crippen LogP contribution in [0.2, 0.25) is 0 Å². The molecular weight excluding hydrogens is 232 g/mol. The Kier molecular flexibility index (Phi) is 4.14. The second kappa shape index (κ2) is 5.38. The molecule has 1 amide bonds. The van der Waals surface area contributed by atoms with E-state index in [1.165, 1.54) is 6.92 Å². The van der Waals surface area contributed by atoms with E-state index >= 15 is 0 Å². The Balaban J connectivity index is 2.65. The lowest BCUT2D eigenvalue weighted by atomic mass is 10.1. The molecule has 0 fully saturated rings. The Hall–Kier alpha value is -1.98. The molecule has 17 heavy (non-hydrogen) atoms. The van der Waals surface area contributed by atoms with E-state index in [-0.39, 0.29) is 12.0 Å². The number of aliphatic carboxylic acids is 1. The number of nitrogens with one attached hydrogen (secondary N) is 1. The molecule has 4 nitrogen and oxygen atoms in total. The molecule has 1 unspecified atom stereocenters. The van der Waals surface area contributed by atoms with Crippen molar-refractivity contribution in [2.45, 2.75) is 19.4 Å². The Morgan fingerprint density at radius 3 is 2.59 bits per heavy atom. The predicted octanol–water partition coefficient (Wildman–Crippen LogP) is 1.10. The number of halogens is 2. The first kappa shape index (κ1) is 13.1. The van der Waals surface area contributed by atoms with Gasteiger partial charge in [0.2, 0.25) is 5.91 Å². The van der Waals surface area contributed by atoms with Crippen LogP contribution in [0, 0.1) is 11.6 Å². The quantitative estimate of drug-likeness (QED) is 0.832. The molecule has 0 aliphatic carbocycles. The third-order valence-electron chi connectivity index (χ3n) is 2.11. The van der Waals surface area contributed by atoms with Gasteiger partial charge >= 0.3 is 5.97 Å². The fraction of sp³-hybridized carbons (Fsp3) is 0.273. The first-order valence-electron chi connectivity index (χ1n) is 4.86. The summed E-state index contributed by atoms with van der Waals surface area (Å²) in [6, 6.07) is 1.80. The molecule has 1 aromatic rings. The van der Waals surface area contributed by atoms with Crippen LogP contribution in [-0.2, 0) is 16.0 Å². The summed E-state index contributed by atoms with van der Waals surface area (Å²) in [4.78, 5) is 21.8.